The molecule has 0 aliphatic rings. The number of hydrogen-bond donors (Lipinski definition) is 0. The summed E-state index contributed by atoms with van der Waals surface area (Å²) in [6, 6.07) is 0. The van der Waals surface area contributed by atoms with Gasteiger partial charge in [0.15, 0.2) is 0 Å². The monoisotopic (exact) mass is 172 g/mol. The highest BCUT2D eigenvalue weighted by molar-refractivity contribution is 5.50. The van der Waals surface area contributed by atoms with E-state index in [9.17, 15) is 4.79 Å². The Morgan fingerprint density at radius 3 is 2.58 bits per heavy atom. The molecule has 0 heterocycles. The summed E-state index contributed by atoms with van der Waals surface area (Å²) in [7, 11) is 1.68. The van der Waals surface area contributed by atoms with Crippen molar-refractivity contribution in [2.24, 2.45) is 5.92 Å². The molecule has 0 aliphatic heterocycles. The minimum Gasteiger partial charge on any atom is -0.381 e. The number of rotatable bonds is 7. The van der Waals surface area contributed by atoms with Gasteiger partial charge in [0.2, 0.25) is 0 Å². The van der Waals surface area contributed by atoms with Gasteiger partial charge in [0.1, 0.15) is 6.29 Å². The molecule has 12 heavy (non-hydrogen) atoms. The van der Waals surface area contributed by atoms with Crippen molar-refractivity contribution in [1.29, 1.82) is 0 Å². The molecule has 2 atom stereocenters. The van der Waals surface area contributed by atoms with Crippen LogP contribution in [0.15, 0.2) is 0 Å². The van der Waals surface area contributed by atoms with E-state index in [2.05, 4.69) is 13.8 Å². The fourth-order valence-corrected chi connectivity index (χ4v) is 1.37. The molecule has 2 heteroatoms. The van der Waals surface area contributed by atoms with Crippen LogP contribution in [0.3, 0.4) is 0 Å². The average Bonchev–Trinajstić information content (AvgIpc) is 2.10. The molecule has 72 valence electrons. The number of methoxy groups -OCH3 is 1. The van der Waals surface area contributed by atoms with E-state index < -0.39 is 0 Å². The smallest absolute Gasteiger partial charge is 0.122 e. The van der Waals surface area contributed by atoms with Crippen molar-refractivity contribution in [3.8, 4) is 0 Å². The Kier molecular flexibility index (Phi) is 7.06. The number of ether oxygens (including phenoxy) is 1. The van der Waals surface area contributed by atoms with Gasteiger partial charge in [0.05, 0.1) is 6.10 Å². The van der Waals surface area contributed by atoms with Gasteiger partial charge in [-0.1, -0.05) is 26.7 Å². The lowest BCUT2D eigenvalue weighted by Gasteiger charge is -2.20. The Balaban J connectivity index is 3.67. The SMILES string of the molecule is CCCCC(C)C(CC=O)OC. The molecule has 0 aromatic heterocycles. The van der Waals surface area contributed by atoms with Gasteiger partial charge in [-0.25, -0.2) is 0 Å². The molecule has 0 aliphatic carbocycles. The van der Waals surface area contributed by atoms with E-state index in [-0.39, 0.29) is 6.10 Å². The van der Waals surface area contributed by atoms with Gasteiger partial charge in [-0.15, -0.1) is 0 Å². The molecule has 0 saturated carbocycles. The maximum Gasteiger partial charge on any atom is 0.122 e. The Labute approximate surface area is 75.3 Å². The summed E-state index contributed by atoms with van der Waals surface area (Å²) >= 11 is 0. The third kappa shape index (κ3) is 4.50. The molecule has 2 unspecified atom stereocenters. The third-order valence-electron chi connectivity index (χ3n) is 2.28. The van der Waals surface area contributed by atoms with Crippen molar-refractivity contribution in [2.75, 3.05) is 7.11 Å². The number of unbranched alkanes of at least 4 members (excludes halogenated alkanes) is 1. The molecular weight excluding hydrogens is 152 g/mol. The van der Waals surface area contributed by atoms with Crippen LogP contribution in [0.5, 0.6) is 0 Å². The first-order valence-electron chi connectivity index (χ1n) is 4.72. The molecule has 0 aromatic carbocycles. The number of carbonyl (C=O) groups excluding carboxylic acids is 1. The largest absolute Gasteiger partial charge is 0.381 e. The maximum absolute atomic E-state index is 10.3. The topological polar surface area (TPSA) is 26.3 Å². The highest BCUT2D eigenvalue weighted by atomic mass is 16.5. The Bertz CT molecular complexity index is 112. The highest BCUT2D eigenvalue weighted by Gasteiger charge is 2.14. The molecule has 0 saturated heterocycles. The third-order valence-corrected chi connectivity index (χ3v) is 2.28. The standard InChI is InChI=1S/C10H20O2/c1-4-5-6-9(2)10(12-3)7-8-11/h8-10H,4-7H2,1-3H3. The van der Waals surface area contributed by atoms with Crippen molar-refractivity contribution in [1.82, 2.24) is 0 Å². The second kappa shape index (κ2) is 7.29. The Morgan fingerprint density at radius 1 is 1.50 bits per heavy atom. The van der Waals surface area contributed by atoms with Gasteiger partial charge in [-0.05, 0) is 12.3 Å². The lowest BCUT2D eigenvalue weighted by atomic mass is 9.96. The van der Waals surface area contributed by atoms with Crippen LogP contribution in [0, 0.1) is 5.92 Å². The molecule has 0 aromatic rings. The molecule has 0 amide bonds. The second-order valence-corrected chi connectivity index (χ2v) is 3.30. The van der Waals surface area contributed by atoms with Crippen molar-refractivity contribution in [3.63, 3.8) is 0 Å². The molecule has 0 bridgehead atoms. The summed E-state index contributed by atoms with van der Waals surface area (Å²) in [5.41, 5.74) is 0. The van der Waals surface area contributed by atoms with Crippen molar-refractivity contribution < 1.29 is 9.53 Å². The summed E-state index contributed by atoms with van der Waals surface area (Å²) in [6.07, 6.45) is 5.18. The van der Waals surface area contributed by atoms with E-state index in [0.717, 1.165) is 12.7 Å². The first kappa shape index (κ1) is 11.6. The lowest BCUT2D eigenvalue weighted by Crippen LogP contribution is -2.20. The van der Waals surface area contributed by atoms with Crippen LogP contribution in [0.2, 0.25) is 0 Å². The van der Waals surface area contributed by atoms with Crippen molar-refractivity contribution >= 4 is 6.29 Å². The zero-order valence-corrected chi connectivity index (χ0v) is 8.38. The summed E-state index contributed by atoms with van der Waals surface area (Å²) in [6.45, 7) is 4.32. The van der Waals surface area contributed by atoms with E-state index in [1.165, 1.54) is 12.8 Å². The lowest BCUT2D eigenvalue weighted by molar-refractivity contribution is -0.110. The number of hydrogen-bond acceptors (Lipinski definition) is 2. The molecule has 0 radical (unpaired) electrons. The average molecular weight is 172 g/mol. The molecule has 0 N–H and O–H groups in total. The van der Waals surface area contributed by atoms with E-state index in [1.807, 2.05) is 0 Å². The molecule has 0 fully saturated rings. The zero-order valence-electron chi connectivity index (χ0n) is 8.38. The van der Waals surface area contributed by atoms with Crippen LogP contribution in [0.1, 0.15) is 39.5 Å². The van der Waals surface area contributed by atoms with Crippen LogP contribution < -0.4 is 0 Å². The van der Waals surface area contributed by atoms with Gasteiger partial charge in [0.25, 0.3) is 0 Å². The quantitative estimate of drug-likeness (QED) is 0.551. The highest BCUT2D eigenvalue weighted by Crippen LogP contribution is 2.16. The van der Waals surface area contributed by atoms with Gasteiger partial charge < -0.3 is 9.53 Å². The van der Waals surface area contributed by atoms with Crippen LogP contribution in [0.25, 0.3) is 0 Å². The number of carbonyl (C=O) groups is 1. The van der Waals surface area contributed by atoms with Crippen LogP contribution >= 0.6 is 0 Å². The second-order valence-electron chi connectivity index (χ2n) is 3.30. The fourth-order valence-electron chi connectivity index (χ4n) is 1.37. The summed E-state index contributed by atoms with van der Waals surface area (Å²) < 4.78 is 5.22. The van der Waals surface area contributed by atoms with Crippen LogP contribution in [0.4, 0.5) is 0 Å². The first-order chi connectivity index (χ1) is 5.76. The minimum absolute atomic E-state index is 0.119. The Hall–Kier alpha value is -0.370. The summed E-state index contributed by atoms with van der Waals surface area (Å²) in [5, 5.41) is 0. The first-order valence-corrected chi connectivity index (χ1v) is 4.72. The van der Waals surface area contributed by atoms with Gasteiger partial charge in [-0.2, -0.15) is 0 Å². The maximum atomic E-state index is 10.3. The van der Waals surface area contributed by atoms with Crippen LogP contribution in [-0.4, -0.2) is 19.5 Å². The normalized spacial score (nSPS) is 15.6. The summed E-state index contributed by atoms with van der Waals surface area (Å²) in [4.78, 5) is 10.3. The molecular formula is C10H20O2. The minimum atomic E-state index is 0.119. The van der Waals surface area contributed by atoms with Crippen molar-refractivity contribution in [3.05, 3.63) is 0 Å². The van der Waals surface area contributed by atoms with Crippen LogP contribution in [-0.2, 0) is 9.53 Å². The fraction of sp³-hybridized carbons (Fsp3) is 0.900. The van der Waals surface area contributed by atoms with Gasteiger partial charge in [0, 0.05) is 13.5 Å². The predicted molar refractivity (Wildman–Crippen MR) is 50.2 cm³/mol. The van der Waals surface area contributed by atoms with Gasteiger partial charge in [-0.3, -0.25) is 0 Å². The van der Waals surface area contributed by atoms with E-state index in [1.54, 1.807) is 7.11 Å². The summed E-state index contributed by atoms with van der Waals surface area (Å²) in [5.74, 6) is 0.500. The van der Waals surface area contributed by atoms with E-state index >= 15 is 0 Å². The number of aldehydes is 1. The van der Waals surface area contributed by atoms with E-state index in [4.69, 9.17) is 4.74 Å². The predicted octanol–water partition coefficient (Wildman–Crippen LogP) is 2.42. The molecule has 0 rings (SSSR count). The van der Waals surface area contributed by atoms with Crippen molar-refractivity contribution in [2.45, 2.75) is 45.6 Å². The van der Waals surface area contributed by atoms with Gasteiger partial charge >= 0.3 is 0 Å². The molecule has 2 nitrogen and oxygen atoms in total. The zero-order chi connectivity index (χ0) is 9.40. The van der Waals surface area contributed by atoms with E-state index in [0.29, 0.717) is 12.3 Å². The Morgan fingerprint density at radius 2 is 2.17 bits per heavy atom. The molecule has 0 spiro atoms.